The summed E-state index contributed by atoms with van der Waals surface area (Å²) in [6.45, 7) is 8.90. The Balaban J connectivity index is 2.51. The average Bonchev–Trinajstić information content (AvgIpc) is 2.27. The summed E-state index contributed by atoms with van der Waals surface area (Å²) in [5.74, 6) is -0.165. The van der Waals surface area contributed by atoms with Gasteiger partial charge in [-0.3, -0.25) is 10.2 Å². The van der Waals surface area contributed by atoms with Gasteiger partial charge in [-0.2, -0.15) is 0 Å². The number of carbonyl (C=O) groups excluding carboxylic acids is 1. The van der Waals surface area contributed by atoms with Crippen LogP contribution in [0, 0.1) is 5.41 Å². The summed E-state index contributed by atoms with van der Waals surface area (Å²) in [5, 5.41) is 2.29. The molecular weight excluding hydrogens is 216 g/mol. The molecule has 0 radical (unpaired) electrons. The van der Waals surface area contributed by atoms with Crippen LogP contribution < -0.4 is 5.43 Å². The molecule has 17 heavy (non-hydrogen) atoms. The van der Waals surface area contributed by atoms with Crippen LogP contribution in [0.3, 0.4) is 0 Å². The van der Waals surface area contributed by atoms with Crippen molar-refractivity contribution in [3.63, 3.8) is 0 Å². The lowest BCUT2D eigenvalue weighted by Gasteiger charge is -2.40. The van der Waals surface area contributed by atoms with Crippen molar-refractivity contribution in [3.8, 4) is 0 Å². The molecule has 1 fully saturated rings. The molecule has 4 heteroatoms. The van der Waals surface area contributed by atoms with E-state index in [-0.39, 0.29) is 5.97 Å². The van der Waals surface area contributed by atoms with Gasteiger partial charge < -0.3 is 4.74 Å². The molecule has 0 aliphatic carbocycles. The fraction of sp³-hybridized carbons (Fsp3) is 0.923. The molecule has 0 amide bonds. The first-order valence-corrected chi connectivity index (χ1v) is 6.48. The normalized spacial score (nSPS) is 26.9. The van der Waals surface area contributed by atoms with E-state index < -0.39 is 5.41 Å². The van der Waals surface area contributed by atoms with Crippen molar-refractivity contribution in [1.29, 1.82) is 0 Å². The summed E-state index contributed by atoms with van der Waals surface area (Å²) in [6.07, 6.45) is 3.73. The molecule has 1 saturated heterocycles. The molecule has 1 N–H and O–H groups in total. The van der Waals surface area contributed by atoms with Gasteiger partial charge in [0.1, 0.15) is 0 Å². The molecule has 1 rings (SSSR count). The van der Waals surface area contributed by atoms with Gasteiger partial charge in [0.2, 0.25) is 0 Å². The number of methoxy groups -OCH3 is 1. The Hall–Kier alpha value is -0.610. The second kappa shape index (κ2) is 5.83. The first-order chi connectivity index (χ1) is 7.88. The summed E-state index contributed by atoms with van der Waals surface area (Å²) in [5.41, 5.74) is 2.93. The van der Waals surface area contributed by atoms with Gasteiger partial charge in [-0.25, -0.2) is 5.01 Å². The monoisotopic (exact) mass is 242 g/mol. The lowest BCUT2D eigenvalue weighted by atomic mass is 9.93. The van der Waals surface area contributed by atoms with Crippen molar-refractivity contribution >= 4 is 5.97 Å². The number of nitrogens with zero attached hydrogens (tertiary/aromatic N) is 1. The minimum atomic E-state index is -0.481. The first kappa shape index (κ1) is 14.5. The predicted octanol–water partition coefficient (Wildman–Crippen LogP) is 1.95. The van der Waals surface area contributed by atoms with E-state index in [0.717, 1.165) is 0 Å². The Kier molecular flexibility index (Phi) is 4.95. The van der Waals surface area contributed by atoms with Gasteiger partial charge in [-0.1, -0.05) is 6.42 Å². The smallest absolute Gasteiger partial charge is 0.312 e. The van der Waals surface area contributed by atoms with Crippen LogP contribution in [-0.2, 0) is 9.53 Å². The molecular formula is C13H26N2O2. The van der Waals surface area contributed by atoms with Crippen molar-refractivity contribution in [2.24, 2.45) is 5.41 Å². The lowest BCUT2D eigenvalue weighted by Crippen LogP contribution is -2.55. The zero-order chi connectivity index (χ0) is 13.1. The maximum Gasteiger partial charge on any atom is 0.312 e. The van der Waals surface area contributed by atoms with E-state index in [1.165, 1.54) is 26.4 Å². The maximum atomic E-state index is 11.6. The van der Waals surface area contributed by atoms with Crippen LogP contribution >= 0.6 is 0 Å². The number of ether oxygens (including phenoxy) is 1. The summed E-state index contributed by atoms with van der Waals surface area (Å²) in [6, 6.07) is 1.07. The summed E-state index contributed by atoms with van der Waals surface area (Å²) in [7, 11) is 1.44. The number of piperidine rings is 1. The van der Waals surface area contributed by atoms with Gasteiger partial charge >= 0.3 is 5.97 Å². The molecule has 0 aromatic rings. The fourth-order valence-corrected chi connectivity index (χ4v) is 2.37. The SMILES string of the molecule is COC(=O)C(C)(C)CNN1C(C)CCCC1C. The van der Waals surface area contributed by atoms with Crippen LogP contribution in [0.1, 0.15) is 47.0 Å². The van der Waals surface area contributed by atoms with Crippen molar-refractivity contribution in [1.82, 2.24) is 10.4 Å². The topological polar surface area (TPSA) is 41.6 Å². The van der Waals surface area contributed by atoms with Gasteiger partial charge in [0.15, 0.2) is 0 Å². The highest BCUT2D eigenvalue weighted by Gasteiger charge is 2.31. The number of hydrogen-bond donors (Lipinski definition) is 1. The molecule has 0 saturated carbocycles. The van der Waals surface area contributed by atoms with E-state index >= 15 is 0 Å². The number of hydrazine groups is 1. The van der Waals surface area contributed by atoms with Crippen LogP contribution in [0.4, 0.5) is 0 Å². The molecule has 0 aromatic heterocycles. The number of carbonyl (C=O) groups is 1. The van der Waals surface area contributed by atoms with Crippen LogP contribution in [0.2, 0.25) is 0 Å². The minimum absolute atomic E-state index is 0.165. The quantitative estimate of drug-likeness (QED) is 0.765. The molecule has 1 aliphatic heterocycles. The van der Waals surface area contributed by atoms with Gasteiger partial charge in [-0.15, -0.1) is 0 Å². The largest absolute Gasteiger partial charge is 0.469 e. The molecule has 2 atom stereocenters. The van der Waals surface area contributed by atoms with Crippen LogP contribution in [0.15, 0.2) is 0 Å². The average molecular weight is 242 g/mol. The lowest BCUT2D eigenvalue weighted by molar-refractivity contribution is -0.151. The second-order valence-corrected chi connectivity index (χ2v) is 5.75. The van der Waals surface area contributed by atoms with E-state index in [4.69, 9.17) is 4.74 Å². The van der Waals surface area contributed by atoms with Gasteiger partial charge in [0.05, 0.1) is 12.5 Å². The van der Waals surface area contributed by atoms with E-state index in [0.29, 0.717) is 18.6 Å². The summed E-state index contributed by atoms with van der Waals surface area (Å²) in [4.78, 5) is 11.6. The Labute approximate surface area is 105 Å². The third-order valence-corrected chi connectivity index (χ3v) is 3.64. The second-order valence-electron chi connectivity index (χ2n) is 5.75. The molecule has 4 nitrogen and oxygen atoms in total. The van der Waals surface area contributed by atoms with E-state index in [1.807, 2.05) is 13.8 Å². The highest BCUT2D eigenvalue weighted by atomic mass is 16.5. The highest BCUT2D eigenvalue weighted by Crippen LogP contribution is 2.22. The van der Waals surface area contributed by atoms with Crippen LogP contribution in [-0.4, -0.2) is 36.7 Å². The van der Waals surface area contributed by atoms with Crippen LogP contribution in [0.25, 0.3) is 0 Å². The van der Waals surface area contributed by atoms with E-state index in [2.05, 4.69) is 24.3 Å². The minimum Gasteiger partial charge on any atom is -0.469 e. The summed E-state index contributed by atoms with van der Waals surface area (Å²) < 4.78 is 4.81. The molecule has 1 aliphatic rings. The third-order valence-electron chi connectivity index (χ3n) is 3.64. The van der Waals surface area contributed by atoms with E-state index in [9.17, 15) is 4.79 Å². The molecule has 0 spiro atoms. The van der Waals surface area contributed by atoms with E-state index in [1.54, 1.807) is 0 Å². The predicted molar refractivity (Wildman–Crippen MR) is 68.4 cm³/mol. The van der Waals surface area contributed by atoms with Gasteiger partial charge in [0.25, 0.3) is 0 Å². The van der Waals surface area contributed by atoms with Crippen molar-refractivity contribution < 1.29 is 9.53 Å². The Bertz CT molecular complexity index is 256. The first-order valence-electron chi connectivity index (χ1n) is 6.48. The number of hydrogen-bond acceptors (Lipinski definition) is 4. The number of nitrogens with one attached hydrogen (secondary N) is 1. The zero-order valence-electron chi connectivity index (χ0n) is 11.7. The van der Waals surface area contributed by atoms with Gasteiger partial charge in [-0.05, 0) is 40.5 Å². The molecule has 100 valence electrons. The van der Waals surface area contributed by atoms with Crippen molar-refractivity contribution in [2.45, 2.75) is 59.0 Å². The standard InChI is InChI=1S/C13H26N2O2/c1-10-7-6-8-11(2)15(10)14-9-13(3,4)12(16)17-5/h10-11,14H,6-9H2,1-5H3. The van der Waals surface area contributed by atoms with Gasteiger partial charge in [0, 0.05) is 18.6 Å². The van der Waals surface area contributed by atoms with Crippen molar-refractivity contribution in [3.05, 3.63) is 0 Å². The number of rotatable bonds is 4. The highest BCUT2D eigenvalue weighted by molar-refractivity contribution is 5.75. The number of esters is 1. The zero-order valence-corrected chi connectivity index (χ0v) is 11.7. The molecule has 2 unspecified atom stereocenters. The Morgan fingerprint density at radius 3 is 2.35 bits per heavy atom. The Morgan fingerprint density at radius 1 is 1.35 bits per heavy atom. The molecule has 0 aromatic carbocycles. The Morgan fingerprint density at radius 2 is 1.88 bits per heavy atom. The van der Waals surface area contributed by atoms with Crippen molar-refractivity contribution in [2.75, 3.05) is 13.7 Å². The van der Waals surface area contributed by atoms with Crippen LogP contribution in [0.5, 0.6) is 0 Å². The maximum absolute atomic E-state index is 11.6. The third kappa shape index (κ3) is 3.68. The summed E-state index contributed by atoms with van der Waals surface area (Å²) >= 11 is 0. The molecule has 0 bridgehead atoms. The fourth-order valence-electron chi connectivity index (χ4n) is 2.37. The molecule has 1 heterocycles.